The quantitative estimate of drug-likeness (QED) is 0.528. The second-order valence-corrected chi connectivity index (χ2v) is 11.5. The molecular formula is C21H21Cl2N3O4S2. The van der Waals surface area contributed by atoms with Crippen LogP contribution in [0.1, 0.15) is 24.2 Å². The Morgan fingerprint density at radius 3 is 2.38 bits per heavy atom. The number of hydrogen-bond donors (Lipinski definition) is 0. The topological polar surface area (TPSA) is 81.0 Å². The van der Waals surface area contributed by atoms with E-state index in [0.29, 0.717) is 14.8 Å². The van der Waals surface area contributed by atoms with Gasteiger partial charge in [0.2, 0.25) is 10.0 Å². The Hall–Kier alpha value is -1.75. The van der Waals surface area contributed by atoms with Crippen molar-refractivity contribution in [2.45, 2.75) is 31.0 Å². The number of fused-ring (bicyclic) bond motifs is 1. The Morgan fingerprint density at radius 1 is 1.12 bits per heavy atom. The van der Waals surface area contributed by atoms with Crippen LogP contribution < -0.4 is 4.80 Å². The number of benzene rings is 2. The van der Waals surface area contributed by atoms with Crippen molar-refractivity contribution in [2.75, 3.05) is 13.1 Å². The van der Waals surface area contributed by atoms with E-state index >= 15 is 0 Å². The summed E-state index contributed by atoms with van der Waals surface area (Å²) < 4.78 is 35.6. The zero-order valence-electron chi connectivity index (χ0n) is 17.6. The van der Waals surface area contributed by atoms with Crippen LogP contribution in [-0.4, -0.2) is 48.5 Å². The summed E-state index contributed by atoms with van der Waals surface area (Å²) in [5.41, 5.74) is 1.03. The lowest BCUT2D eigenvalue weighted by atomic mass is 10.2. The van der Waals surface area contributed by atoms with Gasteiger partial charge in [0.15, 0.2) is 4.80 Å². The smallest absolute Gasteiger partial charge is 0.279 e. The van der Waals surface area contributed by atoms with Gasteiger partial charge in [0.1, 0.15) is 0 Å². The van der Waals surface area contributed by atoms with Gasteiger partial charge in [-0.2, -0.15) is 9.30 Å². The fourth-order valence-electron chi connectivity index (χ4n) is 3.70. The minimum absolute atomic E-state index is 0.129. The van der Waals surface area contributed by atoms with Gasteiger partial charge in [0, 0.05) is 30.7 Å². The first-order chi connectivity index (χ1) is 15.1. The third-order valence-corrected chi connectivity index (χ3v) is 8.57. The minimum Gasteiger partial charge on any atom is -0.373 e. The van der Waals surface area contributed by atoms with Crippen molar-refractivity contribution in [2.24, 2.45) is 12.0 Å². The van der Waals surface area contributed by atoms with Crippen LogP contribution in [-0.2, 0) is 21.8 Å². The summed E-state index contributed by atoms with van der Waals surface area (Å²) in [5, 5.41) is 0.976. The van der Waals surface area contributed by atoms with Crippen molar-refractivity contribution in [1.29, 1.82) is 0 Å². The number of ether oxygens (including phenoxy) is 1. The molecule has 4 rings (SSSR count). The first kappa shape index (κ1) is 23.4. The molecule has 7 nitrogen and oxygen atoms in total. The Kier molecular flexibility index (Phi) is 6.50. The second kappa shape index (κ2) is 8.89. The highest BCUT2D eigenvalue weighted by molar-refractivity contribution is 7.89. The fourth-order valence-corrected chi connectivity index (χ4v) is 7.12. The number of hydrogen-bond acceptors (Lipinski definition) is 5. The molecule has 170 valence electrons. The van der Waals surface area contributed by atoms with Gasteiger partial charge in [0.05, 0.1) is 32.3 Å². The number of thiazole rings is 1. The lowest BCUT2D eigenvalue weighted by molar-refractivity contribution is -0.0440. The number of morpholine rings is 1. The number of aryl methyl sites for hydroxylation is 1. The fraction of sp³-hybridized carbons (Fsp3) is 0.333. The van der Waals surface area contributed by atoms with Crippen molar-refractivity contribution in [3.63, 3.8) is 0 Å². The van der Waals surface area contributed by atoms with E-state index < -0.39 is 15.9 Å². The second-order valence-electron chi connectivity index (χ2n) is 7.70. The molecular weight excluding hydrogens is 493 g/mol. The van der Waals surface area contributed by atoms with Crippen LogP contribution in [0.4, 0.5) is 0 Å². The molecule has 2 atom stereocenters. The summed E-state index contributed by atoms with van der Waals surface area (Å²) in [6.07, 6.45) is -0.364. The minimum atomic E-state index is -3.68. The Labute approximate surface area is 199 Å². The number of aromatic nitrogens is 1. The zero-order valence-corrected chi connectivity index (χ0v) is 20.7. The van der Waals surface area contributed by atoms with E-state index in [0.717, 1.165) is 10.2 Å². The number of rotatable bonds is 3. The predicted octanol–water partition coefficient (Wildman–Crippen LogP) is 4.09. The Morgan fingerprint density at radius 2 is 1.75 bits per heavy atom. The standard InChI is InChI=1S/C21H21Cl2N3O4S2/c1-12-10-26(11-13(2)30-12)32(28,29)16-6-4-14(5-7-16)20(27)24-21-25(3)19-17(23)8-15(22)9-18(19)31-21/h4-9,12-13H,10-11H2,1-3H3. The lowest BCUT2D eigenvalue weighted by Crippen LogP contribution is -2.48. The molecule has 1 fully saturated rings. The van der Waals surface area contributed by atoms with Crippen LogP contribution >= 0.6 is 34.5 Å². The molecule has 3 aromatic rings. The normalized spacial score (nSPS) is 20.7. The predicted molar refractivity (Wildman–Crippen MR) is 126 cm³/mol. The number of amides is 1. The van der Waals surface area contributed by atoms with E-state index in [2.05, 4.69) is 4.99 Å². The molecule has 32 heavy (non-hydrogen) atoms. The number of nitrogens with zero attached hydrogens (tertiary/aromatic N) is 3. The van der Waals surface area contributed by atoms with E-state index in [1.165, 1.54) is 39.9 Å². The van der Waals surface area contributed by atoms with Crippen LogP contribution in [0.15, 0.2) is 46.3 Å². The molecule has 1 amide bonds. The maximum absolute atomic E-state index is 13.0. The summed E-state index contributed by atoms with van der Waals surface area (Å²) in [7, 11) is -1.91. The van der Waals surface area contributed by atoms with E-state index in [4.69, 9.17) is 27.9 Å². The maximum atomic E-state index is 13.0. The summed E-state index contributed by atoms with van der Waals surface area (Å²) >= 11 is 13.6. The Balaban J connectivity index is 1.62. The van der Waals surface area contributed by atoms with E-state index in [1.54, 1.807) is 23.7 Å². The number of carbonyl (C=O) groups excluding carboxylic acids is 1. The molecule has 1 aliphatic heterocycles. The zero-order chi connectivity index (χ0) is 23.2. The molecule has 2 heterocycles. The van der Waals surface area contributed by atoms with Gasteiger partial charge in [-0.25, -0.2) is 8.42 Å². The van der Waals surface area contributed by atoms with Gasteiger partial charge >= 0.3 is 0 Å². The molecule has 0 bridgehead atoms. The largest absolute Gasteiger partial charge is 0.373 e. The van der Waals surface area contributed by atoms with Gasteiger partial charge in [-0.05, 0) is 50.2 Å². The van der Waals surface area contributed by atoms with E-state index in [9.17, 15) is 13.2 Å². The molecule has 0 spiro atoms. The molecule has 1 saturated heterocycles. The third kappa shape index (κ3) is 4.50. The highest BCUT2D eigenvalue weighted by atomic mass is 35.5. The number of halogens is 2. The van der Waals surface area contributed by atoms with Crippen LogP contribution in [0.25, 0.3) is 10.2 Å². The van der Waals surface area contributed by atoms with Crippen LogP contribution in [0.2, 0.25) is 10.0 Å². The first-order valence-corrected chi connectivity index (χ1v) is 12.9. The van der Waals surface area contributed by atoms with E-state index in [-0.39, 0.29) is 35.8 Å². The van der Waals surface area contributed by atoms with Crippen molar-refractivity contribution >= 4 is 60.7 Å². The van der Waals surface area contributed by atoms with Crippen LogP contribution in [0.3, 0.4) is 0 Å². The van der Waals surface area contributed by atoms with Gasteiger partial charge in [-0.3, -0.25) is 4.79 Å². The van der Waals surface area contributed by atoms with Crippen molar-refractivity contribution < 1.29 is 17.9 Å². The van der Waals surface area contributed by atoms with Crippen molar-refractivity contribution in [3.05, 3.63) is 56.8 Å². The van der Waals surface area contributed by atoms with Crippen molar-refractivity contribution in [1.82, 2.24) is 8.87 Å². The van der Waals surface area contributed by atoms with Gasteiger partial charge in [-0.1, -0.05) is 34.5 Å². The molecule has 0 saturated carbocycles. The average molecular weight is 514 g/mol. The summed E-state index contributed by atoms with van der Waals surface area (Å²) in [5.74, 6) is -0.480. The summed E-state index contributed by atoms with van der Waals surface area (Å²) in [4.78, 5) is 17.5. The van der Waals surface area contributed by atoms with Gasteiger partial charge in [0.25, 0.3) is 5.91 Å². The molecule has 11 heteroatoms. The third-order valence-electron chi connectivity index (χ3n) is 5.14. The van der Waals surface area contributed by atoms with E-state index in [1.807, 2.05) is 13.8 Å². The number of sulfonamides is 1. The molecule has 1 aromatic heterocycles. The summed E-state index contributed by atoms with van der Waals surface area (Å²) in [6, 6.07) is 9.23. The molecule has 0 radical (unpaired) electrons. The highest BCUT2D eigenvalue weighted by Crippen LogP contribution is 2.29. The van der Waals surface area contributed by atoms with Gasteiger partial charge in [-0.15, -0.1) is 0 Å². The SMILES string of the molecule is CC1CN(S(=O)(=O)c2ccc(C(=O)N=c3sc4cc(Cl)cc(Cl)c4n3C)cc2)CC(C)O1. The molecule has 2 unspecified atom stereocenters. The molecule has 1 aliphatic rings. The highest BCUT2D eigenvalue weighted by Gasteiger charge is 2.32. The average Bonchev–Trinajstić information content (AvgIpc) is 3.02. The monoisotopic (exact) mass is 513 g/mol. The van der Waals surface area contributed by atoms with Crippen LogP contribution in [0.5, 0.6) is 0 Å². The number of carbonyl (C=O) groups is 1. The first-order valence-electron chi connectivity index (χ1n) is 9.85. The van der Waals surface area contributed by atoms with Gasteiger partial charge < -0.3 is 9.30 Å². The lowest BCUT2D eigenvalue weighted by Gasteiger charge is -2.34. The summed E-state index contributed by atoms with van der Waals surface area (Å²) in [6.45, 7) is 4.27. The molecule has 0 aliphatic carbocycles. The molecule has 0 N–H and O–H groups in total. The Bertz CT molecular complexity index is 1350. The molecule has 2 aromatic carbocycles. The van der Waals surface area contributed by atoms with Crippen molar-refractivity contribution in [3.8, 4) is 0 Å². The maximum Gasteiger partial charge on any atom is 0.279 e. The van der Waals surface area contributed by atoms with Crippen LogP contribution in [0, 0.1) is 0 Å².